The molecule has 1 aliphatic heterocycles. The molecule has 0 bridgehead atoms. The molecule has 0 saturated heterocycles. The number of H-pyrrole nitrogens is 1. The lowest BCUT2D eigenvalue weighted by molar-refractivity contribution is -0.122. The van der Waals surface area contributed by atoms with Crippen molar-refractivity contribution in [2.45, 2.75) is 13.0 Å². The molecule has 1 atom stereocenters. The Morgan fingerprint density at radius 2 is 2.00 bits per heavy atom. The van der Waals surface area contributed by atoms with E-state index in [-0.39, 0.29) is 11.8 Å². The molecule has 0 saturated carbocycles. The van der Waals surface area contributed by atoms with Gasteiger partial charge < -0.3 is 20.1 Å². The Kier molecular flexibility index (Phi) is 4.44. The molecule has 0 fully saturated rings. The lowest BCUT2D eigenvalue weighted by Crippen LogP contribution is -2.34. The van der Waals surface area contributed by atoms with E-state index in [0.717, 1.165) is 11.3 Å². The van der Waals surface area contributed by atoms with Gasteiger partial charge in [0, 0.05) is 11.3 Å². The fourth-order valence-corrected chi connectivity index (χ4v) is 2.92. The highest BCUT2D eigenvalue weighted by molar-refractivity contribution is 6.08. The van der Waals surface area contributed by atoms with Gasteiger partial charge in [0.15, 0.2) is 6.10 Å². The predicted octanol–water partition coefficient (Wildman–Crippen LogP) is 3.06. The molecule has 2 heterocycles. The standard InChI is InChI=1S/C20H18N4O4/c1-11-19(25)23-16-9-13(5-8-17(16)28-11)22-20(26)15-10-21-24-18(15)12-3-6-14(27-2)7-4-12/h3-11H,1-2H3,(H,21,24)(H,22,26)(H,23,25)/t11-/m1/s1. The second-order valence-electron chi connectivity index (χ2n) is 6.30. The molecule has 2 amide bonds. The van der Waals surface area contributed by atoms with Crippen LogP contribution in [0.4, 0.5) is 11.4 Å². The number of aromatic nitrogens is 2. The highest BCUT2D eigenvalue weighted by atomic mass is 16.5. The first-order valence-electron chi connectivity index (χ1n) is 8.66. The molecule has 142 valence electrons. The van der Waals surface area contributed by atoms with Crippen molar-refractivity contribution in [1.29, 1.82) is 0 Å². The summed E-state index contributed by atoms with van der Waals surface area (Å²) in [5.74, 6) is 0.734. The molecule has 0 unspecified atom stereocenters. The SMILES string of the molecule is COc1ccc(-c2[nH]ncc2C(=O)Nc2ccc3c(c2)NC(=O)[C@@H](C)O3)cc1. The minimum Gasteiger partial charge on any atom is -0.497 e. The van der Waals surface area contributed by atoms with Gasteiger partial charge in [-0.05, 0) is 49.4 Å². The van der Waals surface area contributed by atoms with Gasteiger partial charge in [-0.2, -0.15) is 5.10 Å². The first-order valence-corrected chi connectivity index (χ1v) is 8.66. The Morgan fingerprint density at radius 3 is 2.75 bits per heavy atom. The first kappa shape index (κ1) is 17.6. The number of anilines is 2. The molecule has 1 aliphatic rings. The van der Waals surface area contributed by atoms with Gasteiger partial charge in [-0.1, -0.05) is 0 Å². The van der Waals surface area contributed by atoms with Gasteiger partial charge in [0.05, 0.1) is 30.3 Å². The fraction of sp³-hybridized carbons (Fsp3) is 0.150. The number of rotatable bonds is 4. The van der Waals surface area contributed by atoms with Crippen LogP contribution in [0.2, 0.25) is 0 Å². The van der Waals surface area contributed by atoms with E-state index >= 15 is 0 Å². The maximum atomic E-state index is 12.8. The van der Waals surface area contributed by atoms with Crippen LogP contribution in [0.5, 0.6) is 11.5 Å². The number of methoxy groups -OCH3 is 1. The van der Waals surface area contributed by atoms with Gasteiger partial charge in [0.1, 0.15) is 11.5 Å². The van der Waals surface area contributed by atoms with Crippen LogP contribution in [-0.2, 0) is 4.79 Å². The summed E-state index contributed by atoms with van der Waals surface area (Å²) in [5, 5.41) is 12.4. The molecule has 28 heavy (non-hydrogen) atoms. The van der Waals surface area contributed by atoms with Gasteiger partial charge in [-0.15, -0.1) is 0 Å². The van der Waals surface area contributed by atoms with Crippen molar-refractivity contribution in [3.8, 4) is 22.8 Å². The third-order valence-corrected chi connectivity index (χ3v) is 4.43. The number of ether oxygens (including phenoxy) is 2. The first-order chi connectivity index (χ1) is 13.5. The van der Waals surface area contributed by atoms with Crippen LogP contribution in [-0.4, -0.2) is 35.2 Å². The maximum Gasteiger partial charge on any atom is 0.265 e. The average molecular weight is 378 g/mol. The average Bonchev–Trinajstić information content (AvgIpc) is 3.19. The Labute approximate surface area is 160 Å². The van der Waals surface area contributed by atoms with E-state index < -0.39 is 6.10 Å². The number of benzene rings is 2. The zero-order valence-corrected chi connectivity index (χ0v) is 15.3. The molecule has 1 aromatic heterocycles. The number of aromatic amines is 1. The van der Waals surface area contributed by atoms with Crippen molar-refractivity contribution in [3.05, 3.63) is 54.2 Å². The summed E-state index contributed by atoms with van der Waals surface area (Å²) < 4.78 is 10.7. The second-order valence-corrected chi connectivity index (χ2v) is 6.30. The summed E-state index contributed by atoms with van der Waals surface area (Å²) in [5.41, 5.74) is 2.86. The largest absolute Gasteiger partial charge is 0.497 e. The predicted molar refractivity (Wildman–Crippen MR) is 104 cm³/mol. The van der Waals surface area contributed by atoms with Crippen LogP contribution >= 0.6 is 0 Å². The minimum atomic E-state index is -0.550. The third kappa shape index (κ3) is 3.27. The molecular formula is C20H18N4O4. The monoisotopic (exact) mass is 378 g/mol. The highest BCUT2D eigenvalue weighted by Crippen LogP contribution is 2.32. The topological polar surface area (TPSA) is 105 Å². The Bertz CT molecular complexity index is 1040. The molecule has 3 N–H and O–H groups in total. The van der Waals surface area contributed by atoms with Gasteiger partial charge in [0.2, 0.25) is 0 Å². The molecule has 3 aromatic rings. The third-order valence-electron chi connectivity index (χ3n) is 4.43. The Hall–Kier alpha value is -3.81. The second kappa shape index (κ2) is 7.07. The van der Waals surface area contributed by atoms with E-state index in [0.29, 0.717) is 28.4 Å². The van der Waals surface area contributed by atoms with Gasteiger partial charge in [-0.25, -0.2) is 0 Å². The van der Waals surface area contributed by atoms with Crippen LogP contribution in [0.1, 0.15) is 17.3 Å². The van der Waals surface area contributed by atoms with Crippen LogP contribution in [0.3, 0.4) is 0 Å². The smallest absolute Gasteiger partial charge is 0.265 e. The maximum absolute atomic E-state index is 12.8. The van der Waals surface area contributed by atoms with Crippen LogP contribution in [0, 0.1) is 0 Å². The van der Waals surface area contributed by atoms with Gasteiger partial charge in [-0.3, -0.25) is 14.7 Å². The Balaban J connectivity index is 1.56. The van der Waals surface area contributed by atoms with Crippen LogP contribution in [0.25, 0.3) is 11.3 Å². The van der Waals surface area contributed by atoms with Gasteiger partial charge in [0.25, 0.3) is 11.8 Å². The summed E-state index contributed by atoms with van der Waals surface area (Å²) >= 11 is 0. The van der Waals surface area contributed by atoms with Crippen molar-refractivity contribution in [3.63, 3.8) is 0 Å². The lowest BCUT2D eigenvalue weighted by atomic mass is 10.1. The van der Waals surface area contributed by atoms with E-state index in [1.165, 1.54) is 6.20 Å². The molecular weight excluding hydrogens is 360 g/mol. The summed E-state index contributed by atoms with van der Waals surface area (Å²) in [6.45, 7) is 1.67. The number of hydrogen-bond donors (Lipinski definition) is 3. The number of carbonyl (C=O) groups excluding carboxylic acids is 2. The fourth-order valence-electron chi connectivity index (χ4n) is 2.92. The van der Waals surface area contributed by atoms with E-state index in [1.807, 2.05) is 24.3 Å². The van der Waals surface area contributed by atoms with E-state index in [9.17, 15) is 9.59 Å². The van der Waals surface area contributed by atoms with Crippen LogP contribution < -0.4 is 20.1 Å². The number of fused-ring (bicyclic) bond motifs is 1. The number of carbonyl (C=O) groups is 2. The van der Waals surface area contributed by atoms with Crippen molar-refractivity contribution in [1.82, 2.24) is 10.2 Å². The number of hydrogen-bond acceptors (Lipinski definition) is 5. The molecule has 0 radical (unpaired) electrons. The molecule has 0 spiro atoms. The van der Waals surface area contributed by atoms with E-state index in [1.54, 1.807) is 32.2 Å². The summed E-state index contributed by atoms with van der Waals surface area (Å²) in [4.78, 5) is 24.5. The summed E-state index contributed by atoms with van der Waals surface area (Å²) in [6.07, 6.45) is 0.922. The molecule has 8 nitrogen and oxygen atoms in total. The van der Waals surface area contributed by atoms with Crippen molar-refractivity contribution in [2.24, 2.45) is 0 Å². The molecule has 4 rings (SSSR count). The highest BCUT2D eigenvalue weighted by Gasteiger charge is 2.24. The summed E-state index contributed by atoms with van der Waals surface area (Å²) in [7, 11) is 1.59. The van der Waals surface area contributed by atoms with Crippen molar-refractivity contribution in [2.75, 3.05) is 17.7 Å². The number of amides is 2. The zero-order chi connectivity index (χ0) is 19.7. The lowest BCUT2D eigenvalue weighted by Gasteiger charge is -2.23. The van der Waals surface area contributed by atoms with E-state index in [2.05, 4.69) is 20.8 Å². The molecule has 2 aromatic carbocycles. The molecule has 8 heteroatoms. The van der Waals surface area contributed by atoms with Gasteiger partial charge >= 0.3 is 0 Å². The minimum absolute atomic E-state index is 0.229. The Morgan fingerprint density at radius 1 is 1.21 bits per heavy atom. The van der Waals surface area contributed by atoms with Crippen molar-refractivity contribution >= 4 is 23.2 Å². The normalized spacial score (nSPS) is 15.2. The van der Waals surface area contributed by atoms with E-state index in [4.69, 9.17) is 9.47 Å². The van der Waals surface area contributed by atoms with Crippen molar-refractivity contribution < 1.29 is 19.1 Å². The number of nitrogens with zero attached hydrogens (tertiary/aromatic N) is 1. The molecule has 0 aliphatic carbocycles. The van der Waals surface area contributed by atoms with Crippen LogP contribution in [0.15, 0.2) is 48.7 Å². The number of nitrogens with one attached hydrogen (secondary N) is 3. The summed E-state index contributed by atoms with van der Waals surface area (Å²) in [6, 6.07) is 12.4. The quantitative estimate of drug-likeness (QED) is 0.647. The zero-order valence-electron chi connectivity index (χ0n) is 15.3.